The minimum absolute atomic E-state index is 0.609. The molecule has 0 aliphatic carbocycles. The van der Waals surface area contributed by atoms with E-state index in [4.69, 9.17) is 0 Å². The van der Waals surface area contributed by atoms with Gasteiger partial charge in [-0.25, -0.2) is 0 Å². The van der Waals surface area contributed by atoms with Crippen LogP contribution in [-0.4, -0.2) is 28.6 Å². The van der Waals surface area contributed by atoms with E-state index in [2.05, 4.69) is 49.9 Å². The van der Waals surface area contributed by atoms with Crippen molar-refractivity contribution in [3.05, 3.63) is 12.4 Å². The first-order valence-electron chi connectivity index (χ1n) is 14.9. The maximum absolute atomic E-state index is 2.65. The number of unbranched alkanes of at least 4 members (excludes halogenated alkanes) is 18. The summed E-state index contributed by atoms with van der Waals surface area (Å²) in [5, 5.41) is 0. The maximum atomic E-state index is 2.65. The highest BCUT2D eigenvalue weighted by Crippen LogP contribution is 2.24. The van der Waals surface area contributed by atoms with Crippen LogP contribution < -0.4 is 0 Å². The van der Waals surface area contributed by atoms with Crippen LogP contribution in [0.5, 0.6) is 0 Å². The van der Waals surface area contributed by atoms with Crippen molar-refractivity contribution >= 4 is 0 Å². The molecule has 0 fully saturated rings. The number of rotatable bonds is 23. The molecule has 1 aliphatic rings. The van der Waals surface area contributed by atoms with E-state index in [0.717, 1.165) is 0 Å². The Bertz CT molecular complexity index is 417. The molecule has 1 heterocycles. The zero-order chi connectivity index (χ0) is 23.3. The first-order chi connectivity index (χ1) is 15.7. The van der Waals surface area contributed by atoms with Crippen LogP contribution in [0.1, 0.15) is 163 Å². The van der Waals surface area contributed by atoms with Gasteiger partial charge in [-0.15, -0.1) is 0 Å². The predicted octanol–water partition coefficient (Wildman–Crippen LogP) is 10.0. The molecule has 0 saturated heterocycles. The Morgan fingerprint density at radius 3 is 1.38 bits per heavy atom. The molecule has 0 bridgehead atoms. The average Bonchev–Trinajstić information content (AvgIpc) is 3.19. The van der Waals surface area contributed by atoms with Crippen LogP contribution >= 0.6 is 0 Å². The second-order valence-corrected chi connectivity index (χ2v) is 10.7. The molecule has 0 amide bonds. The summed E-state index contributed by atoms with van der Waals surface area (Å²) in [5.74, 6) is 0. The molecule has 0 N–H and O–H groups in total. The van der Waals surface area contributed by atoms with Crippen LogP contribution in [0.25, 0.3) is 0 Å². The molecule has 0 radical (unpaired) electrons. The fourth-order valence-corrected chi connectivity index (χ4v) is 5.18. The molecule has 1 unspecified atom stereocenters. The molecule has 1 atom stereocenters. The highest BCUT2D eigenvalue weighted by molar-refractivity contribution is 4.98. The second-order valence-electron chi connectivity index (χ2n) is 10.7. The fraction of sp³-hybridized carbons (Fsp3) is 0.933. The number of hydrogen-bond donors (Lipinski definition) is 0. The largest absolute Gasteiger partial charge is 0.356 e. The highest BCUT2D eigenvalue weighted by Gasteiger charge is 2.26. The lowest BCUT2D eigenvalue weighted by Gasteiger charge is -2.35. The summed E-state index contributed by atoms with van der Waals surface area (Å²) in [5.41, 5.74) is 0. The molecule has 0 aromatic rings. The SMILES string of the molecule is CCCCCCCCCCCCCCCCN1C=CN(C(C)C)C1CCCCCCCC. The van der Waals surface area contributed by atoms with E-state index in [-0.39, 0.29) is 0 Å². The fourth-order valence-electron chi connectivity index (χ4n) is 5.18. The number of nitrogens with zero attached hydrogens (tertiary/aromatic N) is 2. The molecule has 1 aliphatic heterocycles. The average molecular weight is 449 g/mol. The van der Waals surface area contributed by atoms with Crippen LogP contribution in [0.4, 0.5) is 0 Å². The molecular weight excluding hydrogens is 388 g/mol. The van der Waals surface area contributed by atoms with Gasteiger partial charge in [0.25, 0.3) is 0 Å². The van der Waals surface area contributed by atoms with Gasteiger partial charge in [-0.2, -0.15) is 0 Å². The molecule has 32 heavy (non-hydrogen) atoms. The lowest BCUT2D eigenvalue weighted by atomic mass is 10.0. The monoisotopic (exact) mass is 448 g/mol. The van der Waals surface area contributed by atoms with Crippen molar-refractivity contribution in [3.8, 4) is 0 Å². The standard InChI is InChI=1S/C30H60N2/c1-5-7-9-11-13-14-15-16-17-18-19-20-22-24-26-31-27-28-32(29(3)4)30(31)25-23-21-12-10-8-6-2/h27-30H,5-26H2,1-4H3. The van der Waals surface area contributed by atoms with Crippen LogP contribution in [0.2, 0.25) is 0 Å². The summed E-state index contributed by atoms with van der Waals surface area (Å²) in [6.45, 7) is 10.5. The predicted molar refractivity (Wildman–Crippen MR) is 145 cm³/mol. The van der Waals surface area contributed by atoms with Crippen LogP contribution in [-0.2, 0) is 0 Å². The summed E-state index contributed by atoms with van der Waals surface area (Å²) >= 11 is 0. The Morgan fingerprint density at radius 1 is 0.531 bits per heavy atom. The highest BCUT2D eigenvalue weighted by atomic mass is 15.4. The van der Waals surface area contributed by atoms with Crippen LogP contribution in [0.15, 0.2) is 12.4 Å². The van der Waals surface area contributed by atoms with E-state index < -0.39 is 0 Å². The Balaban J connectivity index is 2.03. The molecule has 1 rings (SSSR count). The normalized spacial score (nSPS) is 16.1. The van der Waals surface area contributed by atoms with Crippen LogP contribution in [0, 0.1) is 0 Å². The van der Waals surface area contributed by atoms with Gasteiger partial charge in [-0.3, -0.25) is 0 Å². The van der Waals surface area contributed by atoms with E-state index >= 15 is 0 Å². The quantitative estimate of drug-likeness (QED) is 0.143. The van der Waals surface area contributed by atoms with Gasteiger partial charge in [0.2, 0.25) is 0 Å². The third-order valence-electron chi connectivity index (χ3n) is 7.34. The third kappa shape index (κ3) is 14.5. The van der Waals surface area contributed by atoms with E-state index in [1.807, 2.05) is 0 Å². The summed E-state index contributed by atoms with van der Waals surface area (Å²) in [4.78, 5) is 5.24. The number of hydrogen-bond acceptors (Lipinski definition) is 2. The Kier molecular flexibility index (Phi) is 19.2. The van der Waals surface area contributed by atoms with E-state index in [1.54, 1.807) is 0 Å². The van der Waals surface area contributed by atoms with Gasteiger partial charge in [-0.1, -0.05) is 129 Å². The van der Waals surface area contributed by atoms with Crippen molar-refractivity contribution < 1.29 is 0 Å². The minimum atomic E-state index is 0.609. The zero-order valence-electron chi connectivity index (χ0n) is 22.8. The Hall–Kier alpha value is -0.660. The smallest absolute Gasteiger partial charge is 0.101 e. The summed E-state index contributed by atoms with van der Waals surface area (Å²) in [6, 6.07) is 0.609. The molecular formula is C30H60N2. The van der Waals surface area contributed by atoms with E-state index in [1.165, 1.54) is 141 Å². The van der Waals surface area contributed by atoms with Gasteiger partial charge in [0.05, 0.1) is 0 Å². The van der Waals surface area contributed by atoms with Gasteiger partial charge in [0.1, 0.15) is 6.17 Å². The molecule has 0 aromatic carbocycles. The lowest BCUT2D eigenvalue weighted by Crippen LogP contribution is -2.42. The maximum Gasteiger partial charge on any atom is 0.101 e. The molecule has 0 saturated carbocycles. The van der Waals surface area contributed by atoms with E-state index in [9.17, 15) is 0 Å². The Labute approximate surface area is 203 Å². The van der Waals surface area contributed by atoms with Crippen molar-refractivity contribution in [2.24, 2.45) is 0 Å². The van der Waals surface area contributed by atoms with Gasteiger partial charge in [-0.05, 0) is 33.1 Å². The Morgan fingerprint density at radius 2 is 0.938 bits per heavy atom. The minimum Gasteiger partial charge on any atom is -0.356 e. The molecule has 2 nitrogen and oxygen atoms in total. The van der Waals surface area contributed by atoms with E-state index in [0.29, 0.717) is 12.2 Å². The van der Waals surface area contributed by atoms with Crippen molar-refractivity contribution in [2.75, 3.05) is 6.54 Å². The van der Waals surface area contributed by atoms with Crippen molar-refractivity contribution in [1.29, 1.82) is 0 Å². The first kappa shape index (κ1) is 29.4. The first-order valence-corrected chi connectivity index (χ1v) is 14.9. The van der Waals surface area contributed by atoms with Gasteiger partial charge in [0.15, 0.2) is 0 Å². The molecule has 0 spiro atoms. The van der Waals surface area contributed by atoms with Crippen molar-refractivity contribution in [3.63, 3.8) is 0 Å². The summed E-state index contributed by atoms with van der Waals surface area (Å²) in [6.07, 6.45) is 35.3. The lowest BCUT2D eigenvalue weighted by molar-refractivity contribution is 0.114. The molecule has 2 heteroatoms. The zero-order valence-corrected chi connectivity index (χ0v) is 22.8. The topological polar surface area (TPSA) is 6.48 Å². The second kappa shape index (κ2) is 20.9. The van der Waals surface area contributed by atoms with Crippen molar-refractivity contribution in [1.82, 2.24) is 9.80 Å². The molecule has 190 valence electrons. The van der Waals surface area contributed by atoms with Crippen LogP contribution in [0.3, 0.4) is 0 Å². The molecule has 0 aromatic heterocycles. The van der Waals surface area contributed by atoms with Crippen molar-refractivity contribution in [2.45, 2.75) is 175 Å². The van der Waals surface area contributed by atoms with Gasteiger partial charge < -0.3 is 9.80 Å². The third-order valence-corrected chi connectivity index (χ3v) is 7.34. The van der Waals surface area contributed by atoms with Gasteiger partial charge in [0, 0.05) is 25.0 Å². The van der Waals surface area contributed by atoms with Gasteiger partial charge >= 0.3 is 0 Å². The summed E-state index contributed by atoms with van der Waals surface area (Å²) < 4.78 is 0. The summed E-state index contributed by atoms with van der Waals surface area (Å²) in [7, 11) is 0.